The second-order valence-corrected chi connectivity index (χ2v) is 5.51. The highest BCUT2D eigenvalue weighted by Crippen LogP contribution is 2.27. The molecule has 2 heterocycles. The van der Waals surface area contributed by atoms with Crippen molar-refractivity contribution in [3.63, 3.8) is 0 Å². The Balaban J connectivity index is 2.03. The van der Waals surface area contributed by atoms with Crippen molar-refractivity contribution in [2.75, 3.05) is 11.4 Å². The van der Waals surface area contributed by atoms with Gasteiger partial charge in [0, 0.05) is 41.3 Å². The molecule has 1 amide bonds. The number of benzene rings is 1. The largest absolute Gasteiger partial charge is 0.311 e. The molecule has 0 spiro atoms. The summed E-state index contributed by atoms with van der Waals surface area (Å²) in [5.41, 5.74) is 0.968. The number of rotatable bonds is 1. The van der Waals surface area contributed by atoms with Crippen LogP contribution < -0.4 is 4.90 Å². The average Bonchev–Trinajstić information content (AvgIpc) is 2.68. The van der Waals surface area contributed by atoms with Gasteiger partial charge in [0.15, 0.2) is 0 Å². The lowest BCUT2D eigenvalue weighted by Crippen LogP contribution is -2.24. The van der Waals surface area contributed by atoms with Crippen LogP contribution in [0.4, 0.5) is 5.69 Å². The average molecular weight is 291 g/mol. The van der Waals surface area contributed by atoms with Gasteiger partial charge in [-0.25, -0.2) is 0 Å². The molecule has 1 atom stereocenters. The van der Waals surface area contributed by atoms with Gasteiger partial charge in [0.2, 0.25) is 5.91 Å². The third kappa shape index (κ3) is 1.93. The molecule has 1 saturated heterocycles. The summed E-state index contributed by atoms with van der Waals surface area (Å²) in [5.74, 6) is 0.181. The van der Waals surface area contributed by atoms with Gasteiger partial charge in [-0.3, -0.25) is 9.78 Å². The summed E-state index contributed by atoms with van der Waals surface area (Å²) in [7, 11) is 0. The Kier molecular flexibility index (Phi) is 2.59. The highest BCUT2D eigenvalue weighted by Gasteiger charge is 2.28. The maximum absolute atomic E-state index is 11.8. The van der Waals surface area contributed by atoms with Crippen molar-refractivity contribution in [3.8, 4) is 0 Å². The van der Waals surface area contributed by atoms with E-state index >= 15 is 0 Å². The standard InChI is InChI=1S/C13H11BrN2O/c14-11-6-13(17)16(8-11)12-2-1-10-7-15-4-3-9(10)5-12/h1-5,7,11H,6,8H2. The Labute approximate surface area is 108 Å². The minimum absolute atomic E-state index is 0.181. The van der Waals surface area contributed by atoms with E-state index in [9.17, 15) is 4.79 Å². The van der Waals surface area contributed by atoms with Gasteiger partial charge in [-0.1, -0.05) is 22.0 Å². The lowest BCUT2D eigenvalue weighted by atomic mass is 10.1. The Bertz CT molecular complexity index is 584. The molecule has 3 rings (SSSR count). The Hall–Kier alpha value is -1.42. The molecular formula is C13H11BrN2O. The lowest BCUT2D eigenvalue weighted by Gasteiger charge is -2.16. The van der Waals surface area contributed by atoms with Crippen molar-refractivity contribution in [1.82, 2.24) is 4.98 Å². The molecule has 1 aliphatic rings. The van der Waals surface area contributed by atoms with E-state index in [1.807, 2.05) is 35.4 Å². The molecule has 3 nitrogen and oxygen atoms in total. The van der Waals surface area contributed by atoms with Gasteiger partial charge in [-0.05, 0) is 23.6 Å². The van der Waals surface area contributed by atoms with Crippen molar-refractivity contribution in [1.29, 1.82) is 0 Å². The van der Waals surface area contributed by atoms with Crippen LogP contribution in [0.1, 0.15) is 6.42 Å². The zero-order valence-corrected chi connectivity index (χ0v) is 10.7. The van der Waals surface area contributed by atoms with Crippen LogP contribution in [0, 0.1) is 0 Å². The third-order valence-electron chi connectivity index (χ3n) is 3.01. The van der Waals surface area contributed by atoms with Crippen molar-refractivity contribution in [2.24, 2.45) is 0 Å². The zero-order valence-electron chi connectivity index (χ0n) is 9.14. The van der Waals surface area contributed by atoms with E-state index in [0.29, 0.717) is 6.42 Å². The van der Waals surface area contributed by atoms with Gasteiger partial charge < -0.3 is 4.90 Å². The number of anilines is 1. The first-order valence-electron chi connectivity index (χ1n) is 5.52. The molecule has 0 saturated carbocycles. The molecule has 0 bridgehead atoms. The first-order valence-corrected chi connectivity index (χ1v) is 6.44. The quantitative estimate of drug-likeness (QED) is 0.757. The molecule has 1 aromatic carbocycles. The van der Waals surface area contributed by atoms with Crippen LogP contribution >= 0.6 is 15.9 Å². The van der Waals surface area contributed by atoms with E-state index in [1.54, 1.807) is 6.20 Å². The number of carbonyl (C=O) groups excluding carboxylic acids is 1. The molecule has 4 heteroatoms. The number of nitrogens with zero attached hydrogens (tertiary/aromatic N) is 2. The number of hydrogen-bond acceptors (Lipinski definition) is 2. The predicted molar refractivity (Wildman–Crippen MR) is 71.4 cm³/mol. The second kappa shape index (κ2) is 4.11. The molecule has 1 unspecified atom stereocenters. The van der Waals surface area contributed by atoms with Crippen LogP contribution in [0.5, 0.6) is 0 Å². The number of amides is 1. The molecule has 0 aliphatic carbocycles. The Morgan fingerprint density at radius 3 is 2.94 bits per heavy atom. The van der Waals surface area contributed by atoms with Crippen LogP contribution in [0.25, 0.3) is 10.8 Å². The van der Waals surface area contributed by atoms with Crippen molar-refractivity contribution in [3.05, 3.63) is 36.7 Å². The van der Waals surface area contributed by atoms with Crippen LogP contribution in [0.2, 0.25) is 0 Å². The summed E-state index contributed by atoms with van der Waals surface area (Å²) in [5, 5.41) is 2.21. The normalized spacial score (nSPS) is 20.2. The zero-order chi connectivity index (χ0) is 11.8. The van der Waals surface area contributed by atoms with Crippen LogP contribution in [-0.4, -0.2) is 22.3 Å². The first kappa shape index (κ1) is 10.7. The van der Waals surface area contributed by atoms with Gasteiger partial charge in [-0.2, -0.15) is 0 Å². The number of halogens is 1. The van der Waals surface area contributed by atoms with E-state index in [-0.39, 0.29) is 10.7 Å². The Morgan fingerprint density at radius 1 is 1.29 bits per heavy atom. The number of pyridine rings is 1. The maximum atomic E-state index is 11.8. The summed E-state index contributed by atoms with van der Waals surface area (Å²) in [6, 6.07) is 7.99. The van der Waals surface area contributed by atoms with Crippen LogP contribution in [-0.2, 0) is 4.79 Å². The van der Waals surface area contributed by atoms with Crippen molar-refractivity contribution >= 4 is 38.3 Å². The molecular weight excluding hydrogens is 280 g/mol. The van der Waals surface area contributed by atoms with Crippen molar-refractivity contribution < 1.29 is 4.79 Å². The highest BCUT2D eigenvalue weighted by molar-refractivity contribution is 9.09. The monoisotopic (exact) mass is 290 g/mol. The van der Waals surface area contributed by atoms with E-state index in [0.717, 1.165) is 23.0 Å². The van der Waals surface area contributed by atoms with Gasteiger partial charge in [-0.15, -0.1) is 0 Å². The third-order valence-corrected chi connectivity index (χ3v) is 3.63. The van der Waals surface area contributed by atoms with Gasteiger partial charge >= 0.3 is 0 Å². The molecule has 1 aliphatic heterocycles. The minimum atomic E-state index is 0.181. The fourth-order valence-corrected chi connectivity index (χ4v) is 2.72. The summed E-state index contributed by atoms with van der Waals surface area (Å²) >= 11 is 3.49. The van der Waals surface area contributed by atoms with Gasteiger partial charge in [0.05, 0.1) is 0 Å². The number of fused-ring (bicyclic) bond motifs is 1. The second-order valence-electron chi connectivity index (χ2n) is 4.21. The fourth-order valence-electron chi connectivity index (χ4n) is 2.15. The molecule has 86 valence electrons. The fraction of sp³-hybridized carbons (Fsp3) is 0.231. The number of alkyl halides is 1. The summed E-state index contributed by atoms with van der Waals surface area (Å²) in [6.45, 7) is 0.745. The molecule has 0 N–H and O–H groups in total. The van der Waals surface area contributed by atoms with E-state index in [2.05, 4.69) is 20.9 Å². The topological polar surface area (TPSA) is 33.2 Å². The molecule has 17 heavy (non-hydrogen) atoms. The highest BCUT2D eigenvalue weighted by atomic mass is 79.9. The number of carbonyl (C=O) groups is 1. The Morgan fingerprint density at radius 2 is 2.18 bits per heavy atom. The van der Waals surface area contributed by atoms with E-state index in [1.165, 1.54) is 0 Å². The first-order chi connectivity index (χ1) is 8.24. The molecule has 2 aromatic rings. The van der Waals surface area contributed by atoms with Gasteiger partial charge in [0.1, 0.15) is 0 Å². The SMILES string of the molecule is O=C1CC(Br)CN1c1ccc2cnccc2c1. The smallest absolute Gasteiger partial charge is 0.228 e. The van der Waals surface area contributed by atoms with Crippen LogP contribution in [0.15, 0.2) is 36.7 Å². The predicted octanol–water partition coefficient (Wildman–Crippen LogP) is 2.74. The summed E-state index contributed by atoms with van der Waals surface area (Å²) in [4.78, 5) is 18.0. The van der Waals surface area contributed by atoms with Crippen LogP contribution in [0.3, 0.4) is 0 Å². The minimum Gasteiger partial charge on any atom is -0.311 e. The lowest BCUT2D eigenvalue weighted by molar-refractivity contribution is -0.117. The molecule has 0 radical (unpaired) electrons. The van der Waals surface area contributed by atoms with E-state index < -0.39 is 0 Å². The summed E-state index contributed by atoms with van der Waals surface area (Å²) in [6.07, 6.45) is 4.18. The number of aromatic nitrogens is 1. The van der Waals surface area contributed by atoms with E-state index in [4.69, 9.17) is 0 Å². The molecule has 1 fully saturated rings. The number of hydrogen-bond donors (Lipinski definition) is 0. The summed E-state index contributed by atoms with van der Waals surface area (Å²) < 4.78 is 0. The molecule has 1 aromatic heterocycles. The van der Waals surface area contributed by atoms with Gasteiger partial charge in [0.25, 0.3) is 0 Å². The van der Waals surface area contributed by atoms with Crippen molar-refractivity contribution in [2.45, 2.75) is 11.2 Å². The maximum Gasteiger partial charge on any atom is 0.228 e.